The number of anilines is 2. The van der Waals surface area contributed by atoms with Gasteiger partial charge < -0.3 is 15.1 Å². The molecule has 10 nitrogen and oxygen atoms in total. The zero-order valence-electron chi connectivity index (χ0n) is 19.5. The number of rotatable bonds is 8. The van der Waals surface area contributed by atoms with E-state index in [1.54, 1.807) is 16.9 Å². The molecule has 32 heavy (non-hydrogen) atoms. The molecule has 0 radical (unpaired) electrons. The molecular weight excluding hydrogens is 432 g/mol. The highest BCUT2D eigenvalue weighted by atomic mass is 32.2. The first-order valence-corrected chi connectivity index (χ1v) is 12.5. The van der Waals surface area contributed by atoms with E-state index in [2.05, 4.69) is 10.00 Å². The molecule has 11 heteroatoms. The van der Waals surface area contributed by atoms with Crippen molar-refractivity contribution >= 4 is 27.6 Å². The van der Waals surface area contributed by atoms with Crippen LogP contribution in [0, 0.1) is 0 Å². The van der Waals surface area contributed by atoms with Crippen molar-refractivity contribution in [3.8, 4) is 0 Å². The van der Waals surface area contributed by atoms with Crippen molar-refractivity contribution in [3.63, 3.8) is 0 Å². The van der Waals surface area contributed by atoms with E-state index >= 15 is 0 Å². The first kappa shape index (κ1) is 24.1. The van der Waals surface area contributed by atoms with Crippen LogP contribution in [0.15, 0.2) is 22.9 Å². The fraction of sp³-hybridized carbons (Fsp3) is 0.619. The maximum absolute atomic E-state index is 14.1. The molecule has 1 atom stereocenters. The lowest BCUT2D eigenvalue weighted by Gasteiger charge is -2.39. The van der Waals surface area contributed by atoms with Gasteiger partial charge in [-0.25, -0.2) is 9.10 Å². The van der Waals surface area contributed by atoms with E-state index in [0.717, 1.165) is 13.0 Å². The number of likely N-dealkylation sites (N-methyl/N-ethyl adjacent to an activating group) is 1. The first-order valence-electron chi connectivity index (χ1n) is 11.1. The van der Waals surface area contributed by atoms with E-state index < -0.39 is 16.2 Å². The lowest BCUT2D eigenvalue weighted by molar-refractivity contribution is 0.252. The van der Waals surface area contributed by atoms with Crippen LogP contribution in [-0.4, -0.2) is 55.3 Å². The fourth-order valence-electron chi connectivity index (χ4n) is 4.10. The molecule has 0 saturated carbocycles. The van der Waals surface area contributed by atoms with E-state index in [0.29, 0.717) is 47.3 Å². The number of amides is 2. The molecule has 0 unspecified atom stereocenters. The van der Waals surface area contributed by atoms with Gasteiger partial charge in [0.05, 0.1) is 17.9 Å². The van der Waals surface area contributed by atoms with Crippen LogP contribution in [0.1, 0.15) is 58.1 Å². The predicted molar refractivity (Wildman–Crippen MR) is 124 cm³/mol. The highest BCUT2D eigenvalue weighted by Gasteiger charge is 2.41. The third-order valence-electron chi connectivity index (χ3n) is 5.71. The van der Waals surface area contributed by atoms with Crippen LogP contribution in [0.2, 0.25) is 0 Å². The molecule has 3 heterocycles. The molecule has 0 aromatic carbocycles. The predicted octanol–water partition coefficient (Wildman–Crippen LogP) is 2.91. The van der Waals surface area contributed by atoms with Crippen molar-refractivity contribution in [2.24, 2.45) is 5.73 Å². The van der Waals surface area contributed by atoms with E-state index in [1.807, 2.05) is 34.7 Å². The molecule has 2 N–H and O–H groups in total. The van der Waals surface area contributed by atoms with Gasteiger partial charge >= 0.3 is 16.2 Å². The maximum Gasteiger partial charge on any atom is 0.335 e. The summed E-state index contributed by atoms with van der Waals surface area (Å²) in [5.41, 5.74) is 6.24. The molecule has 1 aliphatic heterocycles. The summed E-state index contributed by atoms with van der Waals surface area (Å²) in [5.74, 6) is 0.998. The summed E-state index contributed by atoms with van der Waals surface area (Å²) in [6.45, 7) is 9.08. The van der Waals surface area contributed by atoms with Gasteiger partial charge in [-0.2, -0.15) is 17.8 Å². The number of primary amides is 1. The topological polar surface area (TPSA) is 118 Å². The molecule has 0 spiro atoms. The number of piperidine rings is 1. The average Bonchev–Trinajstić information content (AvgIpc) is 3.35. The molecule has 0 aliphatic carbocycles. The van der Waals surface area contributed by atoms with Crippen molar-refractivity contribution < 1.29 is 17.6 Å². The maximum atomic E-state index is 14.1. The molecule has 2 aromatic rings. The Kier molecular flexibility index (Phi) is 7.19. The Hall–Kier alpha value is -2.53. The number of carbonyl (C=O) groups is 1. The van der Waals surface area contributed by atoms with Crippen LogP contribution in [-0.2, 0) is 23.1 Å². The second-order valence-corrected chi connectivity index (χ2v) is 10.1. The second kappa shape index (κ2) is 9.53. The Bertz CT molecular complexity index is 1040. The quantitative estimate of drug-likeness (QED) is 0.639. The van der Waals surface area contributed by atoms with E-state index in [1.165, 1.54) is 10.5 Å². The summed E-state index contributed by atoms with van der Waals surface area (Å²) in [4.78, 5) is 14.7. The normalized spacial score (nSPS) is 17.6. The zero-order valence-corrected chi connectivity index (χ0v) is 20.3. The number of nitrogens with zero attached hydrogens (tertiary/aromatic N) is 5. The molecule has 178 valence electrons. The number of hydrogen-bond acceptors (Lipinski definition) is 6. The van der Waals surface area contributed by atoms with Gasteiger partial charge in [-0.1, -0.05) is 13.8 Å². The summed E-state index contributed by atoms with van der Waals surface area (Å²) in [7, 11) is -2.42. The summed E-state index contributed by atoms with van der Waals surface area (Å²) < 4.78 is 37.6. The minimum Gasteiger partial charge on any atom is -0.464 e. The SMILES string of the molecule is CCc1cc(N(C(N)=O)S(=O)(=O)N(c2cnn(C(C)C)c2)[C@H]2CCCN(C)C2)c(CC)o1. The van der Waals surface area contributed by atoms with Gasteiger partial charge in [0.25, 0.3) is 0 Å². The van der Waals surface area contributed by atoms with E-state index in [9.17, 15) is 13.2 Å². The fourth-order valence-corrected chi connectivity index (χ4v) is 5.82. The monoisotopic (exact) mass is 466 g/mol. The standard InChI is InChI=1S/C21H34N6O4S/c1-6-18-11-19(20(7-2)31-18)27(21(22)28)32(29,30)26(16-9-8-10-24(5)13-16)17-12-23-25(14-17)15(3)4/h11-12,14-16H,6-10,13H2,1-5H3,(H2,22,28)/t16-/m0/s1. The molecule has 2 aromatic heterocycles. The number of aromatic nitrogens is 2. The van der Waals surface area contributed by atoms with Gasteiger partial charge in [0.1, 0.15) is 17.2 Å². The summed E-state index contributed by atoms with van der Waals surface area (Å²) in [6, 6.07) is 0.202. The lowest BCUT2D eigenvalue weighted by atomic mass is 10.1. The third-order valence-corrected chi connectivity index (χ3v) is 7.55. The molecule has 1 saturated heterocycles. The Labute approximate surface area is 190 Å². The average molecular weight is 467 g/mol. The van der Waals surface area contributed by atoms with Crippen molar-refractivity contribution in [3.05, 3.63) is 30.0 Å². The molecule has 3 rings (SSSR count). The third kappa shape index (κ3) is 4.63. The highest BCUT2D eigenvalue weighted by Crippen LogP contribution is 2.34. The van der Waals surface area contributed by atoms with Gasteiger partial charge in [-0.3, -0.25) is 4.68 Å². The van der Waals surface area contributed by atoms with Gasteiger partial charge in [0.2, 0.25) is 0 Å². The van der Waals surface area contributed by atoms with Crippen LogP contribution in [0.3, 0.4) is 0 Å². The number of hydrogen-bond donors (Lipinski definition) is 1. The van der Waals surface area contributed by atoms with Gasteiger partial charge in [0, 0.05) is 37.7 Å². The number of urea groups is 1. The van der Waals surface area contributed by atoms with Crippen LogP contribution < -0.4 is 14.3 Å². The van der Waals surface area contributed by atoms with Gasteiger partial charge in [-0.05, 0) is 40.3 Å². The molecule has 0 bridgehead atoms. The Balaban J connectivity index is 2.15. The minimum atomic E-state index is -4.38. The van der Waals surface area contributed by atoms with Crippen molar-refractivity contribution in [1.29, 1.82) is 0 Å². The van der Waals surface area contributed by atoms with Crippen LogP contribution in [0.5, 0.6) is 0 Å². The number of nitrogens with two attached hydrogens (primary N) is 1. The minimum absolute atomic E-state index is 0.0576. The molecular formula is C21H34N6O4S. The number of furan rings is 1. The first-order chi connectivity index (χ1) is 15.1. The Morgan fingerprint density at radius 1 is 1.34 bits per heavy atom. The highest BCUT2D eigenvalue weighted by molar-refractivity contribution is 7.95. The second-order valence-electron chi connectivity index (χ2n) is 8.47. The summed E-state index contributed by atoms with van der Waals surface area (Å²) >= 11 is 0. The van der Waals surface area contributed by atoms with E-state index in [4.69, 9.17) is 10.2 Å². The van der Waals surface area contributed by atoms with Crippen molar-refractivity contribution in [1.82, 2.24) is 14.7 Å². The number of likely N-dealkylation sites (tertiary alicyclic amines) is 1. The van der Waals surface area contributed by atoms with Crippen LogP contribution in [0.4, 0.5) is 16.2 Å². The molecule has 1 aliphatic rings. The lowest BCUT2D eigenvalue weighted by Crippen LogP contribution is -2.56. The zero-order chi connectivity index (χ0) is 23.6. The molecule has 1 fully saturated rings. The van der Waals surface area contributed by atoms with E-state index in [-0.39, 0.29) is 17.8 Å². The Morgan fingerprint density at radius 3 is 2.59 bits per heavy atom. The van der Waals surface area contributed by atoms with Crippen molar-refractivity contribution in [2.75, 3.05) is 28.7 Å². The van der Waals surface area contributed by atoms with Gasteiger partial charge in [-0.15, -0.1) is 0 Å². The summed E-state index contributed by atoms with van der Waals surface area (Å²) in [6.07, 6.45) is 5.72. The summed E-state index contributed by atoms with van der Waals surface area (Å²) in [5, 5.41) is 4.34. The number of aryl methyl sites for hydroxylation is 2. The van der Waals surface area contributed by atoms with Crippen LogP contribution >= 0.6 is 0 Å². The smallest absolute Gasteiger partial charge is 0.335 e. The molecule has 2 amide bonds. The number of carbonyl (C=O) groups excluding carboxylic acids is 1. The van der Waals surface area contributed by atoms with Crippen LogP contribution in [0.25, 0.3) is 0 Å². The Morgan fingerprint density at radius 2 is 2.06 bits per heavy atom. The largest absolute Gasteiger partial charge is 0.464 e. The van der Waals surface area contributed by atoms with Crippen molar-refractivity contribution in [2.45, 2.75) is 65.5 Å². The van der Waals surface area contributed by atoms with Gasteiger partial charge in [0.15, 0.2) is 0 Å².